The summed E-state index contributed by atoms with van der Waals surface area (Å²) in [6.07, 6.45) is 0. The zero-order valence-electron chi connectivity index (χ0n) is 11.4. The fourth-order valence-corrected chi connectivity index (χ4v) is 2.79. The molecule has 0 saturated heterocycles. The van der Waals surface area contributed by atoms with Crippen molar-refractivity contribution in [2.24, 2.45) is 10.9 Å². The molecule has 0 radical (unpaired) electrons. The summed E-state index contributed by atoms with van der Waals surface area (Å²) in [7, 11) is 1.67. The summed E-state index contributed by atoms with van der Waals surface area (Å²) in [5, 5.41) is 0. The third kappa shape index (κ3) is 3.11. The van der Waals surface area contributed by atoms with Crippen LogP contribution in [0.1, 0.15) is 13.8 Å². The Balaban J connectivity index is 2.55. The topological polar surface area (TPSA) is 43.6 Å². The van der Waals surface area contributed by atoms with E-state index in [1.807, 2.05) is 42.7 Å². The van der Waals surface area contributed by atoms with Gasteiger partial charge in [0.25, 0.3) is 5.91 Å². The Morgan fingerprint density at radius 3 is 2.84 bits per heavy atom. The highest BCUT2D eigenvalue weighted by Gasteiger charge is 2.09. The van der Waals surface area contributed by atoms with Crippen LogP contribution in [0.4, 0.5) is 0 Å². The Bertz CT molecular complexity index is 640. The van der Waals surface area contributed by atoms with Crippen LogP contribution < -0.4 is 4.80 Å². The summed E-state index contributed by atoms with van der Waals surface area (Å²) in [6, 6.07) is 8.07. The maximum absolute atomic E-state index is 11.8. The average molecular weight is 278 g/mol. The Labute approximate surface area is 116 Å². The van der Waals surface area contributed by atoms with E-state index in [-0.39, 0.29) is 11.8 Å². The molecule has 1 heterocycles. The lowest BCUT2D eigenvalue weighted by molar-refractivity contribution is -0.120. The molecule has 102 valence electrons. The van der Waals surface area contributed by atoms with Crippen molar-refractivity contribution in [3.05, 3.63) is 29.1 Å². The van der Waals surface area contributed by atoms with Gasteiger partial charge in [-0.25, -0.2) is 0 Å². The lowest BCUT2D eigenvalue weighted by Crippen LogP contribution is -2.20. The number of fused-ring (bicyclic) bond motifs is 1. The number of ether oxygens (including phenoxy) is 1. The second-order valence-electron chi connectivity index (χ2n) is 4.60. The first kappa shape index (κ1) is 14.0. The Kier molecular flexibility index (Phi) is 4.50. The molecule has 2 aromatic rings. The van der Waals surface area contributed by atoms with Gasteiger partial charge in [0.15, 0.2) is 4.80 Å². The lowest BCUT2D eigenvalue weighted by atomic mass is 10.2. The number of methoxy groups -OCH3 is 1. The van der Waals surface area contributed by atoms with Crippen molar-refractivity contribution < 1.29 is 9.53 Å². The van der Waals surface area contributed by atoms with Crippen LogP contribution in [0.25, 0.3) is 10.2 Å². The number of rotatable bonds is 4. The highest BCUT2D eigenvalue weighted by molar-refractivity contribution is 7.16. The quantitative estimate of drug-likeness (QED) is 0.862. The summed E-state index contributed by atoms with van der Waals surface area (Å²) in [5.41, 5.74) is 1.10. The third-order valence-corrected chi connectivity index (χ3v) is 3.87. The molecule has 0 N–H and O–H groups in total. The van der Waals surface area contributed by atoms with Crippen molar-refractivity contribution in [1.29, 1.82) is 0 Å². The van der Waals surface area contributed by atoms with E-state index in [2.05, 4.69) is 4.99 Å². The van der Waals surface area contributed by atoms with E-state index in [9.17, 15) is 4.79 Å². The van der Waals surface area contributed by atoms with Crippen LogP contribution in [0, 0.1) is 5.92 Å². The first-order valence-electron chi connectivity index (χ1n) is 6.29. The molecule has 0 aliphatic carbocycles. The van der Waals surface area contributed by atoms with E-state index in [0.717, 1.165) is 15.0 Å². The number of nitrogens with zero attached hydrogens (tertiary/aromatic N) is 2. The van der Waals surface area contributed by atoms with Crippen molar-refractivity contribution in [3.63, 3.8) is 0 Å². The normalized spacial score (nSPS) is 12.5. The standard InChI is InChI=1S/C14H18N2O2S/c1-10(2)13(17)15-14-16(8-9-18-3)11-6-4-5-7-12(11)19-14/h4-7,10H,8-9H2,1-3H3. The van der Waals surface area contributed by atoms with E-state index in [1.165, 1.54) is 11.3 Å². The first-order chi connectivity index (χ1) is 9.13. The predicted molar refractivity (Wildman–Crippen MR) is 77.1 cm³/mol. The minimum absolute atomic E-state index is 0.0823. The molecule has 0 bridgehead atoms. The van der Waals surface area contributed by atoms with Crippen molar-refractivity contribution in [1.82, 2.24) is 4.57 Å². The second kappa shape index (κ2) is 6.12. The summed E-state index contributed by atoms with van der Waals surface area (Å²) in [4.78, 5) is 16.8. The molecular formula is C14H18N2O2S. The Morgan fingerprint density at radius 1 is 1.42 bits per heavy atom. The molecule has 5 heteroatoms. The van der Waals surface area contributed by atoms with Crippen molar-refractivity contribution in [3.8, 4) is 0 Å². The predicted octanol–water partition coefficient (Wildman–Crippen LogP) is 2.43. The fourth-order valence-electron chi connectivity index (χ4n) is 1.73. The maximum atomic E-state index is 11.8. The van der Waals surface area contributed by atoms with E-state index < -0.39 is 0 Å². The largest absolute Gasteiger partial charge is 0.383 e. The van der Waals surface area contributed by atoms with Crippen LogP contribution in [-0.2, 0) is 16.1 Å². The smallest absolute Gasteiger partial charge is 0.250 e. The number of benzene rings is 1. The van der Waals surface area contributed by atoms with Crippen LogP contribution in [0.2, 0.25) is 0 Å². The van der Waals surface area contributed by atoms with Gasteiger partial charge >= 0.3 is 0 Å². The number of para-hydroxylation sites is 1. The summed E-state index contributed by atoms with van der Waals surface area (Å²) in [5.74, 6) is -0.168. The lowest BCUT2D eigenvalue weighted by Gasteiger charge is -2.04. The zero-order valence-corrected chi connectivity index (χ0v) is 12.2. The monoisotopic (exact) mass is 278 g/mol. The van der Waals surface area contributed by atoms with Crippen molar-refractivity contribution >= 4 is 27.5 Å². The molecule has 0 atom stereocenters. The van der Waals surface area contributed by atoms with Crippen LogP contribution in [0.5, 0.6) is 0 Å². The molecule has 2 rings (SSSR count). The van der Waals surface area contributed by atoms with Gasteiger partial charge < -0.3 is 9.30 Å². The van der Waals surface area contributed by atoms with E-state index in [1.54, 1.807) is 7.11 Å². The first-order valence-corrected chi connectivity index (χ1v) is 7.11. The van der Waals surface area contributed by atoms with E-state index >= 15 is 0 Å². The molecule has 0 saturated carbocycles. The van der Waals surface area contributed by atoms with Gasteiger partial charge in [0.2, 0.25) is 0 Å². The molecule has 1 aromatic heterocycles. The fraction of sp³-hybridized carbons (Fsp3) is 0.429. The van der Waals surface area contributed by atoms with E-state index in [0.29, 0.717) is 13.2 Å². The average Bonchev–Trinajstić information content (AvgIpc) is 2.73. The number of carbonyl (C=O) groups is 1. The van der Waals surface area contributed by atoms with Gasteiger partial charge in [0.1, 0.15) is 0 Å². The zero-order chi connectivity index (χ0) is 13.8. The SMILES string of the molecule is COCCn1c(=NC(=O)C(C)C)sc2ccccc21. The summed E-state index contributed by atoms with van der Waals surface area (Å²) in [6.45, 7) is 5.02. The number of amides is 1. The van der Waals surface area contributed by atoms with Gasteiger partial charge in [-0.15, -0.1) is 0 Å². The third-order valence-electron chi connectivity index (χ3n) is 2.81. The number of hydrogen-bond donors (Lipinski definition) is 0. The minimum Gasteiger partial charge on any atom is -0.383 e. The Hall–Kier alpha value is -1.46. The number of hydrogen-bond acceptors (Lipinski definition) is 3. The molecule has 0 aliphatic rings. The van der Waals surface area contributed by atoms with Crippen LogP contribution in [-0.4, -0.2) is 24.2 Å². The molecule has 4 nitrogen and oxygen atoms in total. The molecule has 0 unspecified atom stereocenters. The summed E-state index contributed by atoms with van der Waals surface area (Å²) < 4.78 is 8.31. The summed E-state index contributed by atoms with van der Waals surface area (Å²) >= 11 is 1.54. The molecule has 19 heavy (non-hydrogen) atoms. The number of thiazole rings is 1. The number of aromatic nitrogens is 1. The molecule has 1 aromatic carbocycles. The van der Waals surface area contributed by atoms with Gasteiger partial charge in [-0.3, -0.25) is 4.79 Å². The van der Waals surface area contributed by atoms with Gasteiger partial charge in [-0.1, -0.05) is 37.3 Å². The number of carbonyl (C=O) groups excluding carboxylic acids is 1. The minimum atomic E-state index is -0.0854. The molecule has 0 fully saturated rings. The van der Waals surface area contributed by atoms with Gasteiger partial charge in [0, 0.05) is 19.6 Å². The van der Waals surface area contributed by atoms with Crippen molar-refractivity contribution in [2.75, 3.05) is 13.7 Å². The van der Waals surface area contributed by atoms with Crippen LogP contribution in [0.15, 0.2) is 29.3 Å². The molecule has 0 spiro atoms. The van der Waals surface area contributed by atoms with Gasteiger partial charge in [-0.05, 0) is 12.1 Å². The molecular weight excluding hydrogens is 260 g/mol. The van der Waals surface area contributed by atoms with Gasteiger partial charge in [-0.2, -0.15) is 4.99 Å². The highest BCUT2D eigenvalue weighted by atomic mass is 32.1. The van der Waals surface area contributed by atoms with E-state index in [4.69, 9.17) is 4.74 Å². The maximum Gasteiger partial charge on any atom is 0.250 e. The second-order valence-corrected chi connectivity index (χ2v) is 5.61. The molecule has 1 amide bonds. The van der Waals surface area contributed by atoms with Crippen LogP contribution in [0.3, 0.4) is 0 Å². The van der Waals surface area contributed by atoms with Gasteiger partial charge in [0.05, 0.1) is 16.8 Å². The molecule has 0 aliphatic heterocycles. The van der Waals surface area contributed by atoms with Crippen LogP contribution >= 0.6 is 11.3 Å². The highest BCUT2D eigenvalue weighted by Crippen LogP contribution is 2.16. The van der Waals surface area contributed by atoms with Crippen molar-refractivity contribution in [2.45, 2.75) is 20.4 Å². The Morgan fingerprint density at radius 2 is 2.16 bits per heavy atom.